The maximum atomic E-state index is 13.1. The zero-order chi connectivity index (χ0) is 22.2. The molecule has 1 saturated heterocycles. The average molecular weight is 448 g/mol. The molecule has 0 unspecified atom stereocenters. The van der Waals surface area contributed by atoms with E-state index in [1.54, 1.807) is 11.3 Å². The normalized spacial score (nSPS) is 13.6. The van der Waals surface area contributed by atoms with Crippen LogP contribution in [0.1, 0.15) is 40.1 Å². The lowest BCUT2D eigenvalue weighted by Gasteiger charge is -2.30. The van der Waals surface area contributed by atoms with Gasteiger partial charge in [0.15, 0.2) is 0 Å². The van der Waals surface area contributed by atoms with E-state index in [9.17, 15) is 9.59 Å². The highest BCUT2D eigenvalue weighted by Crippen LogP contribution is 2.27. The molecule has 2 heterocycles. The van der Waals surface area contributed by atoms with Gasteiger partial charge in [0.1, 0.15) is 0 Å². The highest BCUT2D eigenvalue weighted by atomic mass is 32.1. The fourth-order valence-corrected chi connectivity index (χ4v) is 4.75. The fraction of sp³-hybridized carbons (Fsp3) is 0.308. The van der Waals surface area contributed by atoms with E-state index in [1.165, 1.54) is 12.0 Å². The molecule has 1 fully saturated rings. The molecule has 0 atom stereocenters. The molecule has 4 rings (SSSR count). The monoisotopic (exact) mass is 447 g/mol. The Hall–Kier alpha value is -3.12. The number of benzene rings is 2. The molecule has 6 heteroatoms. The first-order chi connectivity index (χ1) is 15.7. The van der Waals surface area contributed by atoms with Crippen LogP contribution in [0.4, 0.5) is 11.4 Å². The summed E-state index contributed by atoms with van der Waals surface area (Å²) in [5.74, 6) is -0.176. The Morgan fingerprint density at radius 2 is 1.75 bits per heavy atom. The topological polar surface area (TPSA) is 61.4 Å². The molecule has 0 radical (unpaired) electrons. The lowest BCUT2D eigenvalue weighted by atomic mass is 10.1. The molecule has 2 aromatic carbocycles. The molecule has 3 aromatic rings. The molecular formula is C26H29N3O2S. The number of thiophene rings is 1. The number of hydrogen-bond acceptors (Lipinski definition) is 4. The smallest absolute Gasteiger partial charge is 0.253 e. The van der Waals surface area contributed by atoms with Crippen molar-refractivity contribution < 1.29 is 9.59 Å². The SMILES string of the molecule is O=C(Cc1cccs1)Nc1ccc(N2CCCCC2)c(C(=O)NCCc2ccccc2)c1. The molecule has 0 bridgehead atoms. The summed E-state index contributed by atoms with van der Waals surface area (Å²) in [6.45, 7) is 2.47. The van der Waals surface area contributed by atoms with Gasteiger partial charge >= 0.3 is 0 Å². The van der Waals surface area contributed by atoms with Gasteiger partial charge in [-0.05, 0) is 60.9 Å². The zero-order valence-electron chi connectivity index (χ0n) is 18.2. The molecule has 2 amide bonds. The summed E-state index contributed by atoms with van der Waals surface area (Å²) < 4.78 is 0. The van der Waals surface area contributed by atoms with Gasteiger partial charge in [-0.15, -0.1) is 11.3 Å². The second kappa shape index (κ2) is 11.0. The Balaban J connectivity index is 1.47. The van der Waals surface area contributed by atoms with E-state index in [2.05, 4.69) is 27.7 Å². The van der Waals surface area contributed by atoms with Crippen LogP contribution >= 0.6 is 11.3 Å². The molecular weight excluding hydrogens is 418 g/mol. The Labute approximate surface area is 193 Å². The molecule has 166 valence electrons. The number of anilines is 2. The maximum Gasteiger partial charge on any atom is 0.253 e. The lowest BCUT2D eigenvalue weighted by Crippen LogP contribution is -2.33. The Bertz CT molecular complexity index is 1030. The van der Waals surface area contributed by atoms with Crippen LogP contribution in [0, 0.1) is 0 Å². The van der Waals surface area contributed by atoms with Crippen LogP contribution in [-0.4, -0.2) is 31.4 Å². The van der Waals surface area contributed by atoms with Crippen LogP contribution < -0.4 is 15.5 Å². The number of rotatable bonds is 8. The van der Waals surface area contributed by atoms with E-state index in [-0.39, 0.29) is 11.8 Å². The third-order valence-corrected chi connectivity index (χ3v) is 6.56. The Morgan fingerprint density at radius 1 is 0.938 bits per heavy atom. The number of piperidine rings is 1. The second-order valence-corrected chi connectivity index (χ2v) is 9.11. The number of amides is 2. The molecule has 1 aromatic heterocycles. The number of nitrogens with one attached hydrogen (secondary N) is 2. The van der Waals surface area contributed by atoms with Gasteiger partial charge < -0.3 is 15.5 Å². The van der Waals surface area contributed by atoms with Crippen molar-refractivity contribution in [3.8, 4) is 0 Å². The van der Waals surface area contributed by atoms with Gasteiger partial charge in [-0.25, -0.2) is 0 Å². The van der Waals surface area contributed by atoms with Crippen molar-refractivity contribution in [2.45, 2.75) is 32.1 Å². The summed E-state index contributed by atoms with van der Waals surface area (Å²) >= 11 is 1.57. The van der Waals surface area contributed by atoms with Crippen molar-refractivity contribution in [2.24, 2.45) is 0 Å². The Morgan fingerprint density at radius 3 is 2.50 bits per heavy atom. The average Bonchev–Trinajstić information content (AvgIpc) is 3.33. The minimum absolute atomic E-state index is 0.0754. The summed E-state index contributed by atoms with van der Waals surface area (Å²) in [5.41, 5.74) is 3.41. The summed E-state index contributed by atoms with van der Waals surface area (Å²) in [6.07, 6.45) is 4.61. The van der Waals surface area contributed by atoms with Crippen molar-refractivity contribution in [3.05, 3.63) is 82.0 Å². The van der Waals surface area contributed by atoms with Crippen molar-refractivity contribution >= 4 is 34.5 Å². The van der Waals surface area contributed by atoms with Crippen molar-refractivity contribution in [1.82, 2.24) is 5.32 Å². The van der Waals surface area contributed by atoms with Gasteiger partial charge in [0.2, 0.25) is 5.91 Å². The standard InChI is InChI=1S/C26H29N3O2S/c30-25(19-22-10-7-17-32-22)28-21-11-12-24(29-15-5-2-6-16-29)23(18-21)26(31)27-14-13-20-8-3-1-4-9-20/h1,3-4,7-12,17-18H,2,5-6,13-16,19H2,(H,27,31)(H,28,30). The molecule has 1 aliphatic rings. The van der Waals surface area contributed by atoms with Crippen LogP contribution in [0.2, 0.25) is 0 Å². The third kappa shape index (κ3) is 5.98. The number of nitrogens with zero attached hydrogens (tertiary/aromatic N) is 1. The highest BCUT2D eigenvalue weighted by molar-refractivity contribution is 7.10. The minimum Gasteiger partial charge on any atom is -0.371 e. The van der Waals surface area contributed by atoms with Gasteiger partial charge in [0, 0.05) is 35.9 Å². The molecule has 2 N–H and O–H groups in total. The van der Waals surface area contributed by atoms with Gasteiger partial charge in [0.05, 0.1) is 12.0 Å². The number of carbonyl (C=O) groups is 2. The molecule has 5 nitrogen and oxygen atoms in total. The van der Waals surface area contributed by atoms with Crippen molar-refractivity contribution in [2.75, 3.05) is 29.9 Å². The van der Waals surface area contributed by atoms with Crippen molar-refractivity contribution in [1.29, 1.82) is 0 Å². The van der Waals surface area contributed by atoms with Gasteiger partial charge in [0.25, 0.3) is 5.91 Å². The summed E-state index contributed by atoms with van der Waals surface area (Å²) in [6, 6.07) is 19.7. The predicted octanol–water partition coefficient (Wildman–Crippen LogP) is 4.89. The summed E-state index contributed by atoms with van der Waals surface area (Å²) in [5, 5.41) is 7.99. The van der Waals surface area contributed by atoms with E-state index in [1.807, 2.05) is 53.9 Å². The van der Waals surface area contributed by atoms with E-state index < -0.39 is 0 Å². The molecule has 0 spiro atoms. The van der Waals surface area contributed by atoms with Crippen LogP contribution in [-0.2, 0) is 17.6 Å². The van der Waals surface area contributed by atoms with Crippen LogP contribution in [0.25, 0.3) is 0 Å². The first-order valence-corrected chi connectivity index (χ1v) is 12.1. The molecule has 0 aliphatic carbocycles. The van der Waals surface area contributed by atoms with E-state index >= 15 is 0 Å². The van der Waals surface area contributed by atoms with Gasteiger partial charge in [-0.3, -0.25) is 9.59 Å². The van der Waals surface area contributed by atoms with Crippen LogP contribution in [0.5, 0.6) is 0 Å². The molecule has 0 saturated carbocycles. The second-order valence-electron chi connectivity index (χ2n) is 8.08. The number of hydrogen-bond donors (Lipinski definition) is 2. The molecule has 1 aliphatic heterocycles. The van der Waals surface area contributed by atoms with Gasteiger partial charge in [-0.2, -0.15) is 0 Å². The van der Waals surface area contributed by atoms with Gasteiger partial charge in [-0.1, -0.05) is 36.4 Å². The number of carbonyl (C=O) groups excluding carboxylic acids is 2. The van der Waals surface area contributed by atoms with Crippen molar-refractivity contribution in [3.63, 3.8) is 0 Å². The highest BCUT2D eigenvalue weighted by Gasteiger charge is 2.19. The largest absolute Gasteiger partial charge is 0.371 e. The fourth-order valence-electron chi connectivity index (χ4n) is 4.04. The minimum atomic E-state index is -0.101. The lowest BCUT2D eigenvalue weighted by molar-refractivity contribution is -0.115. The first kappa shape index (κ1) is 22.1. The summed E-state index contributed by atoms with van der Waals surface area (Å²) in [4.78, 5) is 28.9. The summed E-state index contributed by atoms with van der Waals surface area (Å²) in [7, 11) is 0. The maximum absolute atomic E-state index is 13.1. The predicted molar refractivity (Wildman–Crippen MR) is 132 cm³/mol. The Kier molecular flexibility index (Phi) is 7.56. The van der Waals surface area contributed by atoms with Crippen LogP contribution in [0.15, 0.2) is 66.0 Å². The molecule has 32 heavy (non-hydrogen) atoms. The van der Waals surface area contributed by atoms with E-state index in [0.29, 0.717) is 24.2 Å². The third-order valence-electron chi connectivity index (χ3n) is 5.68. The first-order valence-electron chi connectivity index (χ1n) is 11.2. The van der Waals surface area contributed by atoms with E-state index in [4.69, 9.17) is 0 Å². The van der Waals surface area contributed by atoms with E-state index in [0.717, 1.165) is 42.9 Å². The quantitative estimate of drug-likeness (QED) is 0.517. The zero-order valence-corrected chi connectivity index (χ0v) is 19.0. The van der Waals surface area contributed by atoms with Crippen LogP contribution in [0.3, 0.4) is 0 Å².